The number of likely N-dealkylation sites (tertiary alicyclic amines) is 1. The number of hydrogen-bond acceptors (Lipinski definition) is 5. The van der Waals surface area contributed by atoms with Gasteiger partial charge in [0.05, 0.1) is 24.4 Å². The van der Waals surface area contributed by atoms with Gasteiger partial charge >= 0.3 is 13.2 Å². The van der Waals surface area contributed by atoms with Crippen LogP contribution in [0.1, 0.15) is 67.3 Å². The zero-order valence-corrected chi connectivity index (χ0v) is 18.5. The lowest BCUT2D eigenvalue weighted by Crippen LogP contribution is -2.52. The molecule has 28 heavy (non-hydrogen) atoms. The lowest BCUT2D eigenvalue weighted by molar-refractivity contribution is 0.00578. The molecule has 1 aromatic heterocycles. The number of ether oxygens (including phenoxy) is 1. The molecule has 1 aromatic rings. The highest BCUT2D eigenvalue weighted by Gasteiger charge is 2.52. The summed E-state index contributed by atoms with van der Waals surface area (Å²) in [4.78, 5) is 14.1. The molecule has 0 aromatic carbocycles. The summed E-state index contributed by atoms with van der Waals surface area (Å²) in [5, 5.41) is 4.61. The normalized spacial score (nSPS) is 27.1. The maximum atomic E-state index is 12.2. The minimum Gasteiger partial charge on any atom is -0.453 e. The smallest absolute Gasteiger partial charge is 0.453 e. The first kappa shape index (κ1) is 21.2. The van der Waals surface area contributed by atoms with Gasteiger partial charge in [-0.05, 0) is 46.0 Å². The van der Waals surface area contributed by atoms with Gasteiger partial charge in [0.25, 0.3) is 0 Å². The van der Waals surface area contributed by atoms with Crippen LogP contribution in [0.3, 0.4) is 0 Å². The molecular formula is C20H34BN3O4. The topological polar surface area (TPSA) is 65.8 Å². The number of carbonyl (C=O) groups excluding carboxylic acids is 1. The van der Waals surface area contributed by atoms with E-state index in [2.05, 4.69) is 25.9 Å². The van der Waals surface area contributed by atoms with Crippen molar-refractivity contribution in [3.63, 3.8) is 0 Å². The highest BCUT2D eigenvalue weighted by molar-refractivity contribution is 6.62. The lowest BCUT2D eigenvalue weighted by atomic mass is 9.79. The van der Waals surface area contributed by atoms with E-state index in [-0.39, 0.29) is 34.8 Å². The first-order valence-electron chi connectivity index (χ1n) is 10.1. The van der Waals surface area contributed by atoms with E-state index in [1.807, 2.05) is 49.7 Å². The molecular weight excluding hydrogens is 357 g/mol. The average molecular weight is 391 g/mol. The van der Waals surface area contributed by atoms with Crippen LogP contribution in [0.25, 0.3) is 0 Å². The van der Waals surface area contributed by atoms with Crippen molar-refractivity contribution in [3.05, 3.63) is 12.4 Å². The molecule has 2 saturated heterocycles. The molecule has 0 bridgehead atoms. The summed E-state index contributed by atoms with van der Waals surface area (Å²) in [6.45, 7) is 15.3. The maximum absolute atomic E-state index is 12.2. The number of nitrogens with zero attached hydrogens (tertiary/aromatic N) is 3. The Labute approximate surface area is 168 Å². The van der Waals surface area contributed by atoms with Gasteiger partial charge < -0.3 is 18.9 Å². The van der Waals surface area contributed by atoms with E-state index in [0.717, 1.165) is 18.3 Å². The number of rotatable bonds is 2. The molecule has 3 heterocycles. The van der Waals surface area contributed by atoms with E-state index < -0.39 is 7.12 Å². The third-order valence-corrected chi connectivity index (χ3v) is 6.50. The highest BCUT2D eigenvalue weighted by atomic mass is 16.7. The Morgan fingerprint density at radius 3 is 2.39 bits per heavy atom. The van der Waals surface area contributed by atoms with Crippen LogP contribution < -0.4 is 5.46 Å². The Morgan fingerprint density at radius 1 is 1.25 bits per heavy atom. The molecule has 7 nitrogen and oxygen atoms in total. The van der Waals surface area contributed by atoms with Crippen molar-refractivity contribution < 1.29 is 18.8 Å². The summed E-state index contributed by atoms with van der Waals surface area (Å²) in [7, 11) is 1.03. The first-order valence-corrected chi connectivity index (χ1v) is 10.1. The molecule has 1 amide bonds. The van der Waals surface area contributed by atoms with Gasteiger partial charge in [0.2, 0.25) is 0 Å². The molecule has 2 aliphatic rings. The van der Waals surface area contributed by atoms with Crippen molar-refractivity contribution in [1.82, 2.24) is 14.7 Å². The predicted octanol–water partition coefficient (Wildman–Crippen LogP) is 3.00. The van der Waals surface area contributed by atoms with Gasteiger partial charge in [-0.2, -0.15) is 5.10 Å². The molecule has 156 valence electrons. The quantitative estimate of drug-likeness (QED) is 0.726. The van der Waals surface area contributed by atoms with E-state index in [4.69, 9.17) is 14.0 Å². The molecule has 2 fully saturated rings. The van der Waals surface area contributed by atoms with Gasteiger partial charge in [0, 0.05) is 30.4 Å². The summed E-state index contributed by atoms with van der Waals surface area (Å²) in [5.74, 6) is 0. The van der Waals surface area contributed by atoms with Gasteiger partial charge in [0.15, 0.2) is 0 Å². The molecule has 0 radical (unpaired) electrons. The van der Waals surface area contributed by atoms with E-state index in [0.29, 0.717) is 6.54 Å². The van der Waals surface area contributed by atoms with Gasteiger partial charge in [-0.1, -0.05) is 20.8 Å². The van der Waals surface area contributed by atoms with Crippen LogP contribution in [-0.2, 0) is 14.0 Å². The van der Waals surface area contributed by atoms with E-state index in [9.17, 15) is 4.79 Å². The first-order chi connectivity index (χ1) is 12.9. The molecule has 2 unspecified atom stereocenters. The van der Waals surface area contributed by atoms with E-state index in [1.54, 1.807) is 0 Å². The molecule has 8 heteroatoms. The van der Waals surface area contributed by atoms with Crippen LogP contribution in [0.4, 0.5) is 4.79 Å². The third kappa shape index (κ3) is 3.81. The molecule has 2 aliphatic heterocycles. The number of methoxy groups -OCH3 is 1. The van der Waals surface area contributed by atoms with Crippen molar-refractivity contribution in [2.75, 3.05) is 13.7 Å². The van der Waals surface area contributed by atoms with Gasteiger partial charge in [0.1, 0.15) is 0 Å². The van der Waals surface area contributed by atoms with Crippen LogP contribution in [0.15, 0.2) is 12.4 Å². The number of amides is 1. The van der Waals surface area contributed by atoms with Crippen molar-refractivity contribution in [3.8, 4) is 0 Å². The number of carbonyl (C=O) groups is 1. The second-order valence-corrected chi connectivity index (χ2v) is 10.1. The summed E-state index contributed by atoms with van der Waals surface area (Å²) in [6.07, 6.45) is 5.29. The fourth-order valence-corrected chi connectivity index (χ4v) is 4.00. The molecule has 0 N–H and O–H groups in total. The summed E-state index contributed by atoms with van der Waals surface area (Å²) < 4.78 is 19.3. The Bertz CT molecular complexity index is 709. The van der Waals surface area contributed by atoms with Crippen LogP contribution in [-0.4, -0.2) is 58.8 Å². The largest absolute Gasteiger partial charge is 0.498 e. The lowest BCUT2D eigenvalue weighted by Gasteiger charge is -2.45. The second-order valence-electron chi connectivity index (χ2n) is 10.1. The maximum Gasteiger partial charge on any atom is 0.498 e. The molecule has 2 atom stereocenters. The van der Waals surface area contributed by atoms with E-state index in [1.165, 1.54) is 7.11 Å². The van der Waals surface area contributed by atoms with Gasteiger partial charge in [-0.25, -0.2) is 4.79 Å². The van der Waals surface area contributed by atoms with Crippen LogP contribution >= 0.6 is 0 Å². The summed E-state index contributed by atoms with van der Waals surface area (Å²) >= 11 is 0. The van der Waals surface area contributed by atoms with Crippen LogP contribution in [0, 0.1) is 5.41 Å². The zero-order valence-electron chi connectivity index (χ0n) is 18.5. The molecule has 0 saturated carbocycles. The number of aromatic nitrogens is 2. The predicted molar refractivity (Wildman–Crippen MR) is 109 cm³/mol. The SMILES string of the molecule is COC(=O)N1CCC(n2cc(B3OC(C)(C)C(C)(C)O3)cn2)CC1C(C)(C)C. The number of hydrogen-bond donors (Lipinski definition) is 0. The minimum atomic E-state index is -0.410. The Kier molecular flexibility index (Phi) is 5.34. The fraction of sp³-hybridized carbons (Fsp3) is 0.800. The number of piperidine rings is 1. The Balaban J connectivity index is 1.76. The van der Waals surface area contributed by atoms with Gasteiger partial charge in [-0.3, -0.25) is 4.68 Å². The second kappa shape index (κ2) is 7.06. The van der Waals surface area contributed by atoms with Crippen LogP contribution in [0.2, 0.25) is 0 Å². The van der Waals surface area contributed by atoms with Crippen molar-refractivity contribution in [1.29, 1.82) is 0 Å². The molecule has 0 spiro atoms. The Hall–Kier alpha value is -1.54. The van der Waals surface area contributed by atoms with Crippen molar-refractivity contribution in [2.24, 2.45) is 5.41 Å². The van der Waals surface area contributed by atoms with Gasteiger partial charge in [-0.15, -0.1) is 0 Å². The molecule has 3 rings (SSSR count). The Morgan fingerprint density at radius 2 is 1.86 bits per heavy atom. The van der Waals surface area contributed by atoms with Crippen molar-refractivity contribution >= 4 is 18.7 Å². The fourth-order valence-electron chi connectivity index (χ4n) is 4.00. The molecule has 0 aliphatic carbocycles. The summed E-state index contributed by atoms with van der Waals surface area (Å²) in [5.41, 5.74) is 0.141. The van der Waals surface area contributed by atoms with E-state index >= 15 is 0 Å². The monoisotopic (exact) mass is 391 g/mol. The summed E-state index contributed by atoms with van der Waals surface area (Å²) in [6, 6.07) is 0.310. The van der Waals surface area contributed by atoms with Crippen LogP contribution in [0.5, 0.6) is 0 Å². The van der Waals surface area contributed by atoms with Crippen molar-refractivity contribution in [2.45, 2.75) is 84.6 Å². The standard InChI is InChI=1S/C20H34BN3O4/c1-18(2,3)16-11-15(9-10-23(16)17(25)26-8)24-13-14(12-22-24)21-27-19(4,5)20(6,7)28-21/h12-13,15-16H,9-11H2,1-8H3. The average Bonchev–Trinajstić information content (AvgIpc) is 3.16. The third-order valence-electron chi connectivity index (χ3n) is 6.50. The minimum absolute atomic E-state index is 0.0471. The zero-order chi connectivity index (χ0) is 20.9. The highest BCUT2D eigenvalue weighted by Crippen LogP contribution is 2.38.